The zero-order valence-electron chi connectivity index (χ0n) is 18.1. The summed E-state index contributed by atoms with van der Waals surface area (Å²) in [5.74, 6) is 0.570. The van der Waals surface area contributed by atoms with Crippen LogP contribution >= 0.6 is 23.4 Å². The second-order valence-electron chi connectivity index (χ2n) is 7.25. The molecule has 33 heavy (non-hydrogen) atoms. The quantitative estimate of drug-likeness (QED) is 0.232. The Morgan fingerprint density at radius 1 is 1.09 bits per heavy atom. The highest BCUT2D eigenvalue weighted by Crippen LogP contribution is 2.28. The van der Waals surface area contributed by atoms with E-state index < -0.39 is 0 Å². The van der Waals surface area contributed by atoms with Crippen LogP contribution < -0.4 is 5.43 Å². The SMILES string of the molecule is C/C(=N/NC(=O)CSc1nnc(-c2ccc(C)cc2)n1-c1ccc(Cl)cc1)c1cccnc1. The molecule has 2 aromatic carbocycles. The molecule has 0 unspecified atom stereocenters. The second-order valence-corrected chi connectivity index (χ2v) is 8.63. The lowest BCUT2D eigenvalue weighted by atomic mass is 10.1. The molecular formula is C24H21ClN6OS. The van der Waals surface area contributed by atoms with E-state index in [1.165, 1.54) is 11.8 Å². The predicted octanol–water partition coefficient (Wildman–Crippen LogP) is 4.92. The maximum absolute atomic E-state index is 12.4. The van der Waals surface area contributed by atoms with Crippen molar-refractivity contribution >= 4 is 35.0 Å². The number of carbonyl (C=O) groups excluding carboxylic acids is 1. The lowest BCUT2D eigenvalue weighted by Gasteiger charge is -2.10. The first-order chi connectivity index (χ1) is 16.0. The Morgan fingerprint density at radius 2 is 1.85 bits per heavy atom. The minimum atomic E-state index is -0.245. The van der Waals surface area contributed by atoms with Crippen LogP contribution in [-0.4, -0.2) is 37.1 Å². The molecule has 7 nitrogen and oxygen atoms in total. The minimum absolute atomic E-state index is 0.128. The van der Waals surface area contributed by atoms with E-state index in [2.05, 4.69) is 25.7 Å². The summed E-state index contributed by atoms with van der Waals surface area (Å²) in [6, 6.07) is 19.2. The van der Waals surface area contributed by atoms with Crippen molar-refractivity contribution in [3.05, 3.63) is 89.2 Å². The molecule has 0 saturated carbocycles. The maximum atomic E-state index is 12.4. The molecule has 0 aliphatic heterocycles. The van der Waals surface area contributed by atoms with Gasteiger partial charge in [0.15, 0.2) is 11.0 Å². The van der Waals surface area contributed by atoms with Crippen LogP contribution in [0.2, 0.25) is 5.02 Å². The van der Waals surface area contributed by atoms with Crippen molar-refractivity contribution in [3.63, 3.8) is 0 Å². The van der Waals surface area contributed by atoms with Gasteiger partial charge in [0.25, 0.3) is 5.91 Å². The molecule has 0 fully saturated rings. The predicted molar refractivity (Wildman–Crippen MR) is 132 cm³/mol. The molecule has 0 atom stereocenters. The number of nitrogens with zero attached hydrogens (tertiary/aromatic N) is 5. The van der Waals surface area contributed by atoms with Crippen molar-refractivity contribution in [1.82, 2.24) is 25.2 Å². The van der Waals surface area contributed by atoms with E-state index in [9.17, 15) is 4.79 Å². The minimum Gasteiger partial charge on any atom is -0.272 e. The Balaban J connectivity index is 1.54. The molecule has 1 N–H and O–H groups in total. The van der Waals surface area contributed by atoms with Crippen LogP contribution in [0, 0.1) is 6.92 Å². The molecular weight excluding hydrogens is 456 g/mol. The third-order valence-electron chi connectivity index (χ3n) is 4.79. The van der Waals surface area contributed by atoms with Gasteiger partial charge in [-0.15, -0.1) is 10.2 Å². The standard InChI is InChI=1S/C24H21ClN6OS/c1-16-5-7-18(8-6-16)23-29-30-24(31(23)21-11-9-20(25)10-12-21)33-15-22(32)28-27-17(2)19-4-3-13-26-14-19/h3-14H,15H2,1-2H3,(H,28,32)/b27-17-. The van der Waals surface area contributed by atoms with Crippen molar-refractivity contribution in [2.75, 3.05) is 5.75 Å². The number of aromatic nitrogens is 4. The van der Waals surface area contributed by atoms with Gasteiger partial charge in [0.1, 0.15) is 0 Å². The highest BCUT2D eigenvalue weighted by molar-refractivity contribution is 7.99. The molecule has 0 saturated heterocycles. The Labute approximate surface area is 200 Å². The fraction of sp³-hybridized carbons (Fsp3) is 0.125. The Kier molecular flexibility index (Phi) is 7.16. The van der Waals surface area contributed by atoms with E-state index in [0.29, 0.717) is 21.7 Å². The molecule has 2 aromatic heterocycles. The number of benzene rings is 2. The van der Waals surface area contributed by atoms with Crippen molar-refractivity contribution in [1.29, 1.82) is 0 Å². The molecule has 4 rings (SSSR count). The summed E-state index contributed by atoms with van der Waals surface area (Å²) in [6.07, 6.45) is 3.38. The van der Waals surface area contributed by atoms with Gasteiger partial charge in [0, 0.05) is 34.2 Å². The average molecular weight is 477 g/mol. The lowest BCUT2D eigenvalue weighted by Crippen LogP contribution is -2.21. The van der Waals surface area contributed by atoms with Gasteiger partial charge >= 0.3 is 0 Å². The van der Waals surface area contributed by atoms with Gasteiger partial charge in [-0.1, -0.05) is 59.3 Å². The zero-order chi connectivity index (χ0) is 23.2. The molecule has 0 radical (unpaired) electrons. The number of hydrazone groups is 1. The fourth-order valence-corrected chi connectivity index (χ4v) is 3.90. The first-order valence-corrected chi connectivity index (χ1v) is 11.5. The molecule has 9 heteroatoms. The average Bonchev–Trinajstić information content (AvgIpc) is 3.26. The van der Waals surface area contributed by atoms with Crippen LogP contribution in [0.15, 0.2) is 83.3 Å². The normalized spacial score (nSPS) is 11.4. The Hall–Kier alpha value is -3.49. The summed E-state index contributed by atoms with van der Waals surface area (Å²) in [6.45, 7) is 3.85. The molecule has 0 aliphatic rings. The molecule has 2 heterocycles. The van der Waals surface area contributed by atoms with E-state index in [4.69, 9.17) is 11.6 Å². The lowest BCUT2D eigenvalue weighted by molar-refractivity contribution is -0.118. The van der Waals surface area contributed by atoms with Crippen LogP contribution in [-0.2, 0) is 4.79 Å². The maximum Gasteiger partial charge on any atom is 0.250 e. The van der Waals surface area contributed by atoms with Gasteiger partial charge in [0.2, 0.25) is 0 Å². The third-order valence-corrected chi connectivity index (χ3v) is 5.97. The van der Waals surface area contributed by atoms with E-state index in [1.807, 2.05) is 79.1 Å². The number of hydrogen-bond donors (Lipinski definition) is 1. The van der Waals surface area contributed by atoms with Crippen LogP contribution in [0.1, 0.15) is 18.1 Å². The number of rotatable bonds is 7. The topological polar surface area (TPSA) is 85.1 Å². The number of nitrogens with one attached hydrogen (secondary N) is 1. The van der Waals surface area contributed by atoms with Gasteiger partial charge in [-0.3, -0.25) is 14.3 Å². The van der Waals surface area contributed by atoms with Crippen LogP contribution in [0.5, 0.6) is 0 Å². The first kappa shape index (κ1) is 22.7. The summed E-state index contributed by atoms with van der Waals surface area (Å²) < 4.78 is 1.92. The Morgan fingerprint density at radius 3 is 2.55 bits per heavy atom. The molecule has 4 aromatic rings. The van der Waals surface area contributed by atoms with Crippen LogP contribution in [0.4, 0.5) is 0 Å². The largest absolute Gasteiger partial charge is 0.272 e. The molecule has 1 amide bonds. The van der Waals surface area contributed by atoms with Crippen molar-refractivity contribution in [2.45, 2.75) is 19.0 Å². The van der Waals surface area contributed by atoms with Crippen molar-refractivity contribution in [3.8, 4) is 17.1 Å². The third kappa shape index (κ3) is 5.66. The van der Waals surface area contributed by atoms with Gasteiger partial charge in [-0.25, -0.2) is 5.43 Å². The van der Waals surface area contributed by atoms with Gasteiger partial charge < -0.3 is 0 Å². The van der Waals surface area contributed by atoms with E-state index in [-0.39, 0.29) is 11.7 Å². The molecule has 166 valence electrons. The number of thioether (sulfide) groups is 1. The van der Waals surface area contributed by atoms with Crippen molar-refractivity contribution in [2.24, 2.45) is 5.10 Å². The van der Waals surface area contributed by atoms with Crippen LogP contribution in [0.3, 0.4) is 0 Å². The smallest absolute Gasteiger partial charge is 0.250 e. The van der Waals surface area contributed by atoms with Gasteiger partial charge in [-0.05, 0) is 44.2 Å². The number of aryl methyl sites for hydroxylation is 1. The number of pyridine rings is 1. The number of hydrogen-bond acceptors (Lipinski definition) is 6. The second kappa shape index (κ2) is 10.4. The summed E-state index contributed by atoms with van der Waals surface area (Å²) >= 11 is 7.36. The fourth-order valence-electron chi connectivity index (χ4n) is 3.03. The van der Waals surface area contributed by atoms with E-state index in [1.54, 1.807) is 12.4 Å². The summed E-state index contributed by atoms with van der Waals surface area (Å²) in [5.41, 5.74) is 7.04. The first-order valence-electron chi connectivity index (χ1n) is 10.2. The number of carbonyl (C=O) groups is 1. The van der Waals surface area contributed by atoms with Gasteiger partial charge in [-0.2, -0.15) is 5.10 Å². The van der Waals surface area contributed by atoms with Crippen molar-refractivity contribution < 1.29 is 4.79 Å². The Bertz CT molecular complexity index is 1270. The zero-order valence-corrected chi connectivity index (χ0v) is 19.6. The molecule has 0 bridgehead atoms. The van der Waals surface area contributed by atoms with Gasteiger partial charge in [0.05, 0.1) is 11.5 Å². The van der Waals surface area contributed by atoms with E-state index in [0.717, 1.165) is 22.4 Å². The highest BCUT2D eigenvalue weighted by atomic mass is 35.5. The highest BCUT2D eigenvalue weighted by Gasteiger charge is 2.17. The molecule has 0 spiro atoms. The van der Waals surface area contributed by atoms with Crippen LogP contribution in [0.25, 0.3) is 17.1 Å². The summed E-state index contributed by atoms with van der Waals surface area (Å²) in [5, 5.41) is 14.1. The monoisotopic (exact) mass is 476 g/mol. The summed E-state index contributed by atoms with van der Waals surface area (Å²) in [4.78, 5) is 16.5. The van der Waals surface area contributed by atoms with E-state index >= 15 is 0 Å². The number of halogens is 1. The summed E-state index contributed by atoms with van der Waals surface area (Å²) in [7, 11) is 0. The molecule has 0 aliphatic carbocycles. The number of amides is 1.